The van der Waals surface area contributed by atoms with Crippen LogP contribution in [0.5, 0.6) is 0 Å². The fourth-order valence-electron chi connectivity index (χ4n) is 3.15. The molecule has 0 bridgehead atoms. The van der Waals surface area contributed by atoms with Gasteiger partial charge >= 0.3 is 11.7 Å². The van der Waals surface area contributed by atoms with E-state index in [9.17, 15) is 30.0 Å². The van der Waals surface area contributed by atoms with Crippen molar-refractivity contribution in [3.8, 4) is 0 Å². The molecular formula is C14H21N5O10. The van der Waals surface area contributed by atoms with Crippen molar-refractivity contribution in [2.45, 2.75) is 49.6 Å². The molecule has 3 heterocycles. The van der Waals surface area contributed by atoms with Gasteiger partial charge < -0.3 is 46.2 Å². The number of aromatic amines is 1. The van der Waals surface area contributed by atoms with E-state index in [-0.39, 0.29) is 23.5 Å². The Kier molecular flexibility index (Phi) is 5.26. The third kappa shape index (κ3) is 3.65. The average molecular weight is 419 g/mol. The number of H-pyrrole nitrogens is 1. The number of nitrogens with two attached hydrogens (primary N) is 1. The first-order valence-electron chi connectivity index (χ1n) is 8.44. The van der Waals surface area contributed by atoms with Crippen molar-refractivity contribution < 1.29 is 40.5 Å². The molecule has 3 atom stereocenters. The normalized spacial score (nSPS) is 23.2. The molecule has 15 heteroatoms. The quantitative estimate of drug-likeness (QED) is 0.199. The van der Waals surface area contributed by atoms with Gasteiger partial charge in [-0.1, -0.05) is 0 Å². The van der Waals surface area contributed by atoms with E-state index < -0.39 is 61.0 Å². The van der Waals surface area contributed by atoms with Crippen LogP contribution < -0.4 is 17.0 Å². The maximum absolute atomic E-state index is 12.9. The van der Waals surface area contributed by atoms with E-state index in [1.165, 1.54) is 0 Å². The first-order valence-corrected chi connectivity index (χ1v) is 8.44. The summed E-state index contributed by atoms with van der Waals surface area (Å²) in [5, 5.41) is 65.6. The molecule has 1 aliphatic heterocycles. The molecule has 2 aromatic heterocycles. The van der Waals surface area contributed by atoms with Crippen LogP contribution in [0, 0.1) is 0 Å². The largest absolute Gasteiger partial charge is 0.394 e. The number of imidazole rings is 1. The second kappa shape index (κ2) is 7.15. The molecular weight excluding hydrogens is 398 g/mol. The van der Waals surface area contributed by atoms with E-state index in [1.54, 1.807) is 0 Å². The molecule has 0 aliphatic carbocycles. The molecule has 0 saturated carbocycles. The summed E-state index contributed by atoms with van der Waals surface area (Å²) in [6, 6.07) is 0. The molecule has 15 nitrogen and oxygen atoms in total. The first kappa shape index (κ1) is 21.3. The molecule has 0 radical (unpaired) electrons. The summed E-state index contributed by atoms with van der Waals surface area (Å²) < 4.78 is 6.97. The zero-order valence-electron chi connectivity index (χ0n) is 14.8. The Labute approximate surface area is 160 Å². The van der Waals surface area contributed by atoms with Gasteiger partial charge in [-0.2, -0.15) is 4.98 Å². The topological polar surface area (TPSA) is 250 Å². The van der Waals surface area contributed by atoms with Crippen LogP contribution in [0.1, 0.15) is 19.1 Å². The van der Waals surface area contributed by atoms with Crippen molar-refractivity contribution in [1.29, 1.82) is 0 Å². The number of fused-ring (bicyclic) bond motifs is 1. The maximum atomic E-state index is 12.9. The lowest BCUT2D eigenvalue weighted by molar-refractivity contribution is -0.448. The standard InChI is InChI=1S/C14H21N5O10/c15-11-16-8-7(9(22)17-11)18(2-1-13(24,25)14(26,27)28)12(23)19(8)10-6(21)3-5(4-20)29-10/h5-6,10,20-21,24-28H,1-4H2,(H3,15,16,17,22). The molecule has 0 spiro atoms. The van der Waals surface area contributed by atoms with E-state index in [4.69, 9.17) is 25.8 Å². The number of ether oxygens (including phenoxy) is 1. The Bertz CT molecular complexity index is 1020. The van der Waals surface area contributed by atoms with Gasteiger partial charge in [0.2, 0.25) is 11.7 Å². The zero-order chi connectivity index (χ0) is 21.7. The highest BCUT2D eigenvalue weighted by Gasteiger charge is 2.46. The van der Waals surface area contributed by atoms with Crippen LogP contribution in [0.25, 0.3) is 11.2 Å². The maximum Gasteiger partial charge on any atom is 0.332 e. The van der Waals surface area contributed by atoms with Crippen molar-refractivity contribution in [1.82, 2.24) is 19.1 Å². The second-order valence-electron chi connectivity index (χ2n) is 6.76. The summed E-state index contributed by atoms with van der Waals surface area (Å²) >= 11 is 0. The summed E-state index contributed by atoms with van der Waals surface area (Å²) in [6.45, 7) is -1.11. The average Bonchev–Trinajstić information content (AvgIpc) is 3.09. The number of rotatable bonds is 6. The molecule has 1 aliphatic rings. The molecule has 3 unspecified atom stereocenters. The van der Waals surface area contributed by atoms with Crippen LogP contribution in [0.2, 0.25) is 0 Å². The van der Waals surface area contributed by atoms with Gasteiger partial charge in [0.1, 0.15) is 6.10 Å². The van der Waals surface area contributed by atoms with E-state index in [0.717, 1.165) is 9.13 Å². The number of anilines is 1. The van der Waals surface area contributed by atoms with Gasteiger partial charge in [0.05, 0.1) is 12.7 Å². The summed E-state index contributed by atoms with van der Waals surface area (Å²) in [7, 11) is 0. The predicted octanol–water partition coefficient (Wildman–Crippen LogP) is -5.19. The van der Waals surface area contributed by atoms with Crippen LogP contribution in [0.4, 0.5) is 5.95 Å². The van der Waals surface area contributed by atoms with Crippen LogP contribution in [0.15, 0.2) is 9.59 Å². The molecule has 0 amide bonds. The van der Waals surface area contributed by atoms with Gasteiger partial charge in [0, 0.05) is 19.4 Å². The van der Waals surface area contributed by atoms with E-state index in [2.05, 4.69) is 9.97 Å². The van der Waals surface area contributed by atoms with Gasteiger partial charge in [-0.15, -0.1) is 0 Å². The van der Waals surface area contributed by atoms with Crippen molar-refractivity contribution in [2.75, 3.05) is 12.3 Å². The van der Waals surface area contributed by atoms with Crippen LogP contribution in [-0.4, -0.2) is 85.4 Å². The Hall–Kier alpha value is -2.37. The number of aliphatic hydroxyl groups excluding tert-OH is 2. The molecule has 29 heavy (non-hydrogen) atoms. The highest BCUT2D eigenvalue weighted by Crippen LogP contribution is 2.30. The number of nitrogen functional groups attached to an aromatic ring is 1. The van der Waals surface area contributed by atoms with Crippen LogP contribution in [0.3, 0.4) is 0 Å². The number of aromatic nitrogens is 4. The number of hydrogen-bond acceptors (Lipinski definition) is 12. The fraction of sp³-hybridized carbons (Fsp3) is 0.643. The van der Waals surface area contributed by atoms with Crippen molar-refractivity contribution >= 4 is 17.1 Å². The monoisotopic (exact) mass is 419 g/mol. The number of nitrogens with zero attached hydrogens (tertiary/aromatic N) is 3. The van der Waals surface area contributed by atoms with Gasteiger partial charge in [-0.3, -0.25) is 14.3 Å². The van der Waals surface area contributed by atoms with E-state index >= 15 is 0 Å². The molecule has 1 fully saturated rings. The molecule has 162 valence electrons. The molecule has 0 aromatic carbocycles. The number of aryl methyl sites for hydroxylation is 1. The lowest BCUT2D eigenvalue weighted by atomic mass is 10.1. The van der Waals surface area contributed by atoms with Gasteiger partial charge in [-0.05, 0) is 0 Å². The van der Waals surface area contributed by atoms with Crippen LogP contribution in [-0.2, 0) is 11.3 Å². The molecule has 3 rings (SSSR count). The predicted molar refractivity (Wildman–Crippen MR) is 91.8 cm³/mol. The summed E-state index contributed by atoms with van der Waals surface area (Å²) in [5.41, 5.74) is 3.02. The SMILES string of the molecule is Nc1nc2c(c(=O)[nH]1)n(CCC(O)(O)C(O)(O)O)c(=O)n2C1OC(CO)CC1O. The summed E-state index contributed by atoms with van der Waals surface area (Å²) in [6.07, 6.45) is -4.33. The Morgan fingerprint density at radius 2 is 1.90 bits per heavy atom. The van der Waals surface area contributed by atoms with Crippen molar-refractivity contribution in [3.63, 3.8) is 0 Å². The van der Waals surface area contributed by atoms with Crippen LogP contribution >= 0.6 is 0 Å². The second-order valence-corrected chi connectivity index (χ2v) is 6.76. The minimum Gasteiger partial charge on any atom is -0.394 e. The summed E-state index contributed by atoms with van der Waals surface area (Å²) in [4.78, 5) is 31.3. The van der Waals surface area contributed by atoms with E-state index in [1.807, 2.05) is 0 Å². The van der Waals surface area contributed by atoms with E-state index in [0.29, 0.717) is 0 Å². The van der Waals surface area contributed by atoms with Gasteiger partial charge in [-0.25, -0.2) is 9.36 Å². The van der Waals surface area contributed by atoms with Crippen molar-refractivity contribution in [3.05, 3.63) is 20.8 Å². The Morgan fingerprint density at radius 3 is 2.45 bits per heavy atom. The van der Waals surface area contributed by atoms with Crippen molar-refractivity contribution in [2.24, 2.45) is 0 Å². The molecule has 2 aromatic rings. The highest BCUT2D eigenvalue weighted by molar-refractivity contribution is 5.71. The zero-order valence-corrected chi connectivity index (χ0v) is 14.8. The number of hydrogen-bond donors (Lipinski definition) is 9. The molecule has 1 saturated heterocycles. The Morgan fingerprint density at radius 1 is 1.24 bits per heavy atom. The summed E-state index contributed by atoms with van der Waals surface area (Å²) in [5.74, 6) is -7.69. The number of aliphatic hydroxyl groups is 7. The number of nitrogens with one attached hydrogen (secondary N) is 1. The Balaban J connectivity index is 2.13. The third-order valence-corrected chi connectivity index (χ3v) is 4.67. The fourth-order valence-corrected chi connectivity index (χ4v) is 3.15. The smallest absolute Gasteiger partial charge is 0.332 e. The lowest BCUT2D eigenvalue weighted by Crippen LogP contribution is -2.55. The van der Waals surface area contributed by atoms with Gasteiger partial charge in [0.25, 0.3) is 5.56 Å². The minimum atomic E-state index is -3.90. The lowest BCUT2D eigenvalue weighted by Gasteiger charge is -2.29. The first-order chi connectivity index (χ1) is 13.4. The third-order valence-electron chi connectivity index (χ3n) is 4.67. The molecule has 10 N–H and O–H groups in total. The van der Waals surface area contributed by atoms with Gasteiger partial charge in [0.15, 0.2) is 17.4 Å². The minimum absolute atomic E-state index is 0.00258. The highest BCUT2D eigenvalue weighted by atomic mass is 16.7.